The average Bonchev–Trinajstić information content (AvgIpc) is 3.50. The van der Waals surface area contributed by atoms with E-state index in [0.717, 1.165) is 24.3 Å². The molecule has 1 amide bonds. The first-order valence-corrected chi connectivity index (χ1v) is 10.8. The van der Waals surface area contributed by atoms with E-state index in [4.69, 9.17) is 0 Å². The van der Waals surface area contributed by atoms with Crippen molar-refractivity contribution in [3.63, 3.8) is 0 Å². The maximum Gasteiger partial charge on any atom is 0.261 e. The van der Waals surface area contributed by atoms with Gasteiger partial charge in [0.05, 0.1) is 28.0 Å². The van der Waals surface area contributed by atoms with Crippen LogP contribution in [0.15, 0.2) is 72.4 Å². The molecule has 0 aliphatic rings. The van der Waals surface area contributed by atoms with E-state index in [2.05, 4.69) is 15.4 Å². The summed E-state index contributed by atoms with van der Waals surface area (Å²) in [6, 6.07) is 11.9. The maximum absolute atomic E-state index is 14.5. The molecule has 0 aliphatic heterocycles. The smallest absolute Gasteiger partial charge is 0.261 e. The molecule has 0 aliphatic carbocycles. The third-order valence-corrected chi connectivity index (χ3v) is 5.96. The van der Waals surface area contributed by atoms with Crippen LogP contribution in [0, 0.1) is 17.5 Å². The van der Waals surface area contributed by atoms with E-state index < -0.39 is 28.9 Å². The first-order chi connectivity index (χ1) is 16.4. The molecule has 3 heterocycles. The monoisotopic (exact) mass is 478 g/mol. The van der Waals surface area contributed by atoms with Gasteiger partial charge in [0.15, 0.2) is 5.65 Å². The number of amides is 1. The van der Waals surface area contributed by atoms with E-state index >= 15 is 0 Å². The molecule has 5 aromatic rings. The highest BCUT2D eigenvalue weighted by atomic mass is 32.1. The highest BCUT2D eigenvalue weighted by Gasteiger charge is 2.21. The van der Waals surface area contributed by atoms with E-state index in [1.54, 1.807) is 23.6 Å². The summed E-state index contributed by atoms with van der Waals surface area (Å²) < 4.78 is 43.8. The Morgan fingerprint density at radius 2 is 1.74 bits per heavy atom. The number of thiophene rings is 1. The number of rotatable bonds is 5. The van der Waals surface area contributed by atoms with E-state index in [1.807, 2.05) is 0 Å². The van der Waals surface area contributed by atoms with Gasteiger partial charge < -0.3 is 5.32 Å². The molecule has 2 aromatic carbocycles. The van der Waals surface area contributed by atoms with Gasteiger partial charge in [-0.1, -0.05) is 12.1 Å². The second-order valence-corrected chi connectivity index (χ2v) is 8.12. The first kappa shape index (κ1) is 21.5. The van der Waals surface area contributed by atoms with Crippen LogP contribution in [-0.4, -0.2) is 26.3 Å². The van der Waals surface area contributed by atoms with E-state index in [0.29, 0.717) is 27.3 Å². The van der Waals surface area contributed by atoms with Crippen LogP contribution in [0.5, 0.6) is 0 Å². The normalized spacial score (nSPS) is 11.0. The van der Waals surface area contributed by atoms with Crippen LogP contribution in [0.3, 0.4) is 0 Å². The Labute approximate surface area is 194 Å². The lowest BCUT2D eigenvalue weighted by atomic mass is 10.1. The number of nitrogens with one attached hydrogen (secondary N) is 1. The van der Waals surface area contributed by atoms with Crippen molar-refractivity contribution in [2.45, 2.75) is 0 Å². The number of aromatic nitrogens is 3. The summed E-state index contributed by atoms with van der Waals surface area (Å²) >= 11 is 1.30. The van der Waals surface area contributed by atoms with Crippen LogP contribution in [0.1, 0.15) is 25.6 Å². The minimum atomic E-state index is -1.13. The number of hydrogen-bond acceptors (Lipinski definition) is 5. The van der Waals surface area contributed by atoms with Crippen LogP contribution in [0.25, 0.3) is 16.9 Å². The van der Waals surface area contributed by atoms with E-state index in [1.165, 1.54) is 40.4 Å². The molecular weight excluding hydrogens is 465 g/mol. The standard InChI is InChI=1S/C24H13F3N4O2S/c25-15-7-6-13(11-18(15)30-24(33)21-16(26)3-1-4-17(21)27)19-8-9-28-23-14(12-29-31(19)23)22(32)20-5-2-10-34-20/h1-12H,(H,30,33). The molecule has 34 heavy (non-hydrogen) atoms. The Hall–Kier alpha value is -4.31. The zero-order chi connectivity index (χ0) is 23.8. The summed E-state index contributed by atoms with van der Waals surface area (Å²) in [5, 5.41) is 8.27. The van der Waals surface area contributed by atoms with Gasteiger partial charge in [0.25, 0.3) is 5.91 Å². The molecule has 0 spiro atoms. The molecule has 1 N–H and O–H groups in total. The summed E-state index contributed by atoms with van der Waals surface area (Å²) in [4.78, 5) is 30.0. The topological polar surface area (TPSA) is 76.4 Å². The first-order valence-electron chi connectivity index (χ1n) is 9.90. The molecule has 0 saturated heterocycles. The van der Waals surface area contributed by atoms with Crippen molar-refractivity contribution in [2.24, 2.45) is 0 Å². The van der Waals surface area contributed by atoms with Crippen LogP contribution in [0.2, 0.25) is 0 Å². The van der Waals surface area contributed by atoms with Crippen molar-refractivity contribution < 1.29 is 22.8 Å². The lowest BCUT2D eigenvalue weighted by molar-refractivity contribution is 0.101. The third kappa shape index (κ3) is 3.73. The Bertz CT molecular complexity index is 1540. The molecule has 0 saturated carbocycles. The van der Waals surface area contributed by atoms with Gasteiger partial charge in [-0.3, -0.25) is 9.59 Å². The number of hydrogen-bond donors (Lipinski definition) is 1. The fourth-order valence-electron chi connectivity index (χ4n) is 3.49. The molecule has 0 fully saturated rings. The molecule has 168 valence electrons. The number of carbonyl (C=O) groups excluding carboxylic acids is 2. The lowest BCUT2D eigenvalue weighted by Gasteiger charge is -2.11. The Morgan fingerprint density at radius 1 is 0.941 bits per heavy atom. The fourth-order valence-corrected chi connectivity index (χ4v) is 4.17. The van der Waals surface area contributed by atoms with Crippen molar-refractivity contribution in [1.82, 2.24) is 14.6 Å². The van der Waals surface area contributed by atoms with Gasteiger partial charge >= 0.3 is 0 Å². The van der Waals surface area contributed by atoms with Gasteiger partial charge in [-0.05, 0) is 47.8 Å². The Kier molecular flexibility index (Phi) is 5.42. The molecular formula is C24H13F3N4O2S. The summed E-state index contributed by atoms with van der Waals surface area (Å²) in [6.45, 7) is 0. The Balaban J connectivity index is 1.53. The number of nitrogens with zero attached hydrogens (tertiary/aromatic N) is 3. The number of ketones is 1. The summed E-state index contributed by atoms with van der Waals surface area (Å²) in [5.41, 5.74) is 0.396. The maximum atomic E-state index is 14.5. The summed E-state index contributed by atoms with van der Waals surface area (Å²) in [6.07, 6.45) is 2.88. The van der Waals surface area contributed by atoms with Crippen LogP contribution in [-0.2, 0) is 0 Å². The Morgan fingerprint density at radius 3 is 2.47 bits per heavy atom. The van der Waals surface area contributed by atoms with E-state index in [-0.39, 0.29) is 11.5 Å². The second-order valence-electron chi connectivity index (χ2n) is 7.18. The lowest BCUT2D eigenvalue weighted by Crippen LogP contribution is -2.16. The quantitative estimate of drug-likeness (QED) is 0.345. The highest BCUT2D eigenvalue weighted by Crippen LogP contribution is 2.27. The fraction of sp³-hybridized carbons (Fsp3) is 0. The van der Waals surface area contributed by atoms with Gasteiger partial charge in [-0.2, -0.15) is 5.10 Å². The predicted octanol–water partition coefficient (Wildman–Crippen LogP) is 5.36. The van der Waals surface area contributed by atoms with Crippen LogP contribution in [0.4, 0.5) is 18.9 Å². The van der Waals surface area contributed by atoms with Crippen molar-refractivity contribution in [2.75, 3.05) is 5.32 Å². The predicted molar refractivity (Wildman–Crippen MR) is 120 cm³/mol. The molecule has 6 nitrogen and oxygen atoms in total. The second kappa shape index (κ2) is 8.56. The molecule has 5 rings (SSSR count). The van der Waals surface area contributed by atoms with Crippen molar-refractivity contribution in [3.8, 4) is 11.3 Å². The largest absolute Gasteiger partial charge is 0.319 e. The minimum Gasteiger partial charge on any atom is -0.319 e. The van der Waals surface area contributed by atoms with Gasteiger partial charge in [0, 0.05) is 11.8 Å². The number of halogens is 3. The van der Waals surface area contributed by atoms with Crippen molar-refractivity contribution in [1.29, 1.82) is 0 Å². The van der Waals surface area contributed by atoms with E-state index in [9.17, 15) is 22.8 Å². The zero-order valence-corrected chi connectivity index (χ0v) is 17.9. The molecule has 3 aromatic heterocycles. The highest BCUT2D eigenvalue weighted by molar-refractivity contribution is 7.12. The van der Waals surface area contributed by atoms with Crippen LogP contribution < -0.4 is 5.32 Å². The minimum absolute atomic E-state index is 0.228. The molecule has 0 radical (unpaired) electrons. The number of benzene rings is 2. The third-order valence-electron chi connectivity index (χ3n) is 5.09. The summed E-state index contributed by atoms with van der Waals surface area (Å²) in [5.74, 6) is -4.29. The molecule has 10 heteroatoms. The average molecular weight is 478 g/mol. The van der Waals surface area contributed by atoms with Crippen LogP contribution >= 0.6 is 11.3 Å². The van der Waals surface area contributed by atoms with Gasteiger partial charge in [-0.15, -0.1) is 11.3 Å². The zero-order valence-electron chi connectivity index (χ0n) is 17.1. The van der Waals surface area contributed by atoms with Gasteiger partial charge in [0.2, 0.25) is 5.78 Å². The molecule has 0 unspecified atom stereocenters. The van der Waals surface area contributed by atoms with Crippen molar-refractivity contribution in [3.05, 3.63) is 106 Å². The SMILES string of the molecule is O=C(Nc1cc(-c2ccnc3c(C(=O)c4cccs4)cnn23)ccc1F)c1c(F)cccc1F. The number of carbonyl (C=O) groups is 2. The molecule has 0 atom stereocenters. The van der Waals surface area contributed by atoms with Gasteiger partial charge in [-0.25, -0.2) is 22.7 Å². The van der Waals surface area contributed by atoms with Crippen molar-refractivity contribution >= 4 is 34.4 Å². The van der Waals surface area contributed by atoms with Gasteiger partial charge in [0.1, 0.15) is 23.0 Å². The summed E-state index contributed by atoms with van der Waals surface area (Å²) in [7, 11) is 0. The number of fused-ring (bicyclic) bond motifs is 1. The number of anilines is 1. The molecule has 0 bridgehead atoms.